The molecule has 1 aliphatic rings. The summed E-state index contributed by atoms with van der Waals surface area (Å²) in [5, 5.41) is 6.64. The third kappa shape index (κ3) is 3.86. The number of anilines is 2. The van der Waals surface area contributed by atoms with Gasteiger partial charge in [0.05, 0.1) is 0 Å². The SMILES string of the molecule is CCCNc1nc(Cl)nc(NCC2(SC)CCC2)n1. The van der Waals surface area contributed by atoms with Crippen molar-refractivity contribution in [3.05, 3.63) is 5.28 Å². The largest absolute Gasteiger partial charge is 0.354 e. The molecule has 2 N–H and O–H groups in total. The molecule has 0 radical (unpaired) electrons. The molecule has 2 rings (SSSR count). The first-order valence-electron chi connectivity index (χ1n) is 6.62. The Morgan fingerprint density at radius 2 is 1.89 bits per heavy atom. The topological polar surface area (TPSA) is 62.7 Å². The molecule has 1 saturated carbocycles. The Labute approximate surface area is 123 Å². The van der Waals surface area contributed by atoms with E-state index >= 15 is 0 Å². The van der Waals surface area contributed by atoms with Gasteiger partial charge in [0.15, 0.2) is 0 Å². The summed E-state index contributed by atoms with van der Waals surface area (Å²) in [6.45, 7) is 3.80. The summed E-state index contributed by atoms with van der Waals surface area (Å²) in [7, 11) is 0. The van der Waals surface area contributed by atoms with Crippen molar-refractivity contribution in [1.29, 1.82) is 0 Å². The zero-order valence-electron chi connectivity index (χ0n) is 11.4. The van der Waals surface area contributed by atoms with Crippen LogP contribution in [0.15, 0.2) is 0 Å². The van der Waals surface area contributed by atoms with Crippen LogP contribution in [0.5, 0.6) is 0 Å². The number of aromatic nitrogens is 3. The molecule has 0 aliphatic heterocycles. The lowest BCUT2D eigenvalue weighted by molar-refractivity contribution is 0.379. The predicted molar refractivity (Wildman–Crippen MR) is 82.2 cm³/mol. The molecular formula is C12H20ClN5S. The summed E-state index contributed by atoms with van der Waals surface area (Å²) >= 11 is 7.83. The first kappa shape index (κ1) is 14.7. The average Bonchev–Trinajstić information content (AvgIpc) is 2.35. The summed E-state index contributed by atoms with van der Waals surface area (Å²) in [4.78, 5) is 12.5. The number of hydrogen-bond acceptors (Lipinski definition) is 6. The minimum absolute atomic E-state index is 0.225. The van der Waals surface area contributed by atoms with Crippen molar-refractivity contribution in [2.45, 2.75) is 37.4 Å². The van der Waals surface area contributed by atoms with Crippen LogP contribution in [-0.2, 0) is 0 Å². The van der Waals surface area contributed by atoms with E-state index in [0.717, 1.165) is 19.5 Å². The van der Waals surface area contributed by atoms with Gasteiger partial charge in [0.1, 0.15) is 0 Å². The van der Waals surface area contributed by atoms with Gasteiger partial charge in [-0.05, 0) is 37.1 Å². The second kappa shape index (κ2) is 6.61. The number of nitrogens with zero attached hydrogens (tertiary/aromatic N) is 3. The third-order valence-corrected chi connectivity index (χ3v) is 5.00. The standard InChI is InChI=1S/C12H20ClN5S/c1-3-7-14-10-16-9(13)17-11(18-10)15-8-12(19-2)5-4-6-12/h3-8H2,1-2H3,(H2,14,15,16,17,18). The zero-order valence-corrected chi connectivity index (χ0v) is 12.9. The maximum Gasteiger partial charge on any atom is 0.228 e. The fourth-order valence-corrected chi connectivity index (χ4v) is 3.08. The zero-order chi connectivity index (χ0) is 13.7. The van der Waals surface area contributed by atoms with Gasteiger partial charge in [-0.15, -0.1) is 0 Å². The minimum Gasteiger partial charge on any atom is -0.354 e. The first-order valence-corrected chi connectivity index (χ1v) is 8.22. The molecule has 1 aliphatic carbocycles. The normalized spacial score (nSPS) is 16.8. The average molecular weight is 302 g/mol. The summed E-state index contributed by atoms with van der Waals surface area (Å²) in [6.07, 6.45) is 6.99. The summed E-state index contributed by atoms with van der Waals surface area (Å²) in [6, 6.07) is 0. The summed E-state index contributed by atoms with van der Waals surface area (Å²) < 4.78 is 0.343. The summed E-state index contributed by atoms with van der Waals surface area (Å²) in [5.41, 5.74) is 0. The van der Waals surface area contributed by atoms with Crippen LogP contribution in [0.2, 0.25) is 5.28 Å². The fraction of sp³-hybridized carbons (Fsp3) is 0.750. The molecule has 106 valence electrons. The second-order valence-corrected chi connectivity index (χ2v) is 6.39. The lowest BCUT2D eigenvalue weighted by Gasteiger charge is -2.40. The molecular weight excluding hydrogens is 282 g/mol. The highest BCUT2D eigenvalue weighted by atomic mass is 35.5. The molecule has 1 heterocycles. The highest BCUT2D eigenvalue weighted by molar-refractivity contribution is 8.00. The van der Waals surface area contributed by atoms with E-state index in [0.29, 0.717) is 16.6 Å². The monoisotopic (exact) mass is 301 g/mol. The van der Waals surface area contributed by atoms with Gasteiger partial charge in [0.25, 0.3) is 0 Å². The quantitative estimate of drug-likeness (QED) is 0.807. The highest BCUT2D eigenvalue weighted by Crippen LogP contribution is 2.42. The van der Waals surface area contributed by atoms with Crippen LogP contribution >= 0.6 is 23.4 Å². The smallest absolute Gasteiger partial charge is 0.228 e. The lowest BCUT2D eigenvalue weighted by Crippen LogP contribution is -2.40. The van der Waals surface area contributed by atoms with Crippen LogP contribution in [0.3, 0.4) is 0 Å². The van der Waals surface area contributed by atoms with Crippen LogP contribution in [0.25, 0.3) is 0 Å². The van der Waals surface area contributed by atoms with Crippen molar-refractivity contribution in [1.82, 2.24) is 15.0 Å². The number of halogens is 1. The molecule has 0 amide bonds. The predicted octanol–water partition coefficient (Wildman–Crippen LogP) is 3.04. The van der Waals surface area contributed by atoms with Gasteiger partial charge in [0.2, 0.25) is 17.2 Å². The Balaban J connectivity index is 1.97. The van der Waals surface area contributed by atoms with E-state index in [-0.39, 0.29) is 5.28 Å². The fourth-order valence-electron chi connectivity index (χ4n) is 2.01. The third-order valence-electron chi connectivity index (χ3n) is 3.41. The maximum absolute atomic E-state index is 5.91. The Morgan fingerprint density at radius 1 is 1.21 bits per heavy atom. The lowest BCUT2D eigenvalue weighted by atomic mass is 9.84. The van der Waals surface area contributed by atoms with Crippen LogP contribution in [0.1, 0.15) is 32.6 Å². The van der Waals surface area contributed by atoms with E-state index in [9.17, 15) is 0 Å². The molecule has 7 heteroatoms. The van der Waals surface area contributed by atoms with E-state index < -0.39 is 0 Å². The Bertz CT molecular complexity index is 419. The van der Waals surface area contributed by atoms with Crippen LogP contribution in [0.4, 0.5) is 11.9 Å². The maximum atomic E-state index is 5.91. The molecule has 0 atom stereocenters. The van der Waals surface area contributed by atoms with E-state index in [2.05, 4.69) is 38.8 Å². The van der Waals surface area contributed by atoms with Gasteiger partial charge < -0.3 is 10.6 Å². The second-order valence-electron chi connectivity index (χ2n) is 4.77. The van der Waals surface area contributed by atoms with Crippen molar-refractivity contribution in [2.24, 2.45) is 0 Å². The Kier molecular flexibility index (Phi) is 5.10. The van der Waals surface area contributed by atoms with Gasteiger partial charge >= 0.3 is 0 Å². The number of nitrogens with one attached hydrogen (secondary N) is 2. The first-order chi connectivity index (χ1) is 9.17. The van der Waals surface area contributed by atoms with Crippen molar-refractivity contribution in [3.63, 3.8) is 0 Å². The summed E-state index contributed by atoms with van der Waals surface area (Å²) in [5.74, 6) is 1.09. The van der Waals surface area contributed by atoms with Gasteiger partial charge in [-0.25, -0.2) is 0 Å². The van der Waals surface area contributed by atoms with Crippen molar-refractivity contribution in [2.75, 3.05) is 30.0 Å². The van der Waals surface area contributed by atoms with Gasteiger partial charge in [-0.1, -0.05) is 13.3 Å². The molecule has 0 bridgehead atoms. The molecule has 19 heavy (non-hydrogen) atoms. The Morgan fingerprint density at radius 3 is 2.42 bits per heavy atom. The van der Waals surface area contributed by atoms with Crippen molar-refractivity contribution in [3.8, 4) is 0 Å². The van der Waals surface area contributed by atoms with Crippen molar-refractivity contribution >= 4 is 35.3 Å². The van der Waals surface area contributed by atoms with Crippen LogP contribution in [-0.4, -0.2) is 39.0 Å². The Hall–Kier alpha value is -0.750. The van der Waals surface area contributed by atoms with Gasteiger partial charge in [-0.2, -0.15) is 26.7 Å². The van der Waals surface area contributed by atoms with E-state index in [1.165, 1.54) is 19.3 Å². The van der Waals surface area contributed by atoms with E-state index in [4.69, 9.17) is 11.6 Å². The molecule has 0 unspecified atom stereocenters. The van der Waals surface area contributed by atoms with Crippen LogP contribution < -0.4 is 10.6 Å². The molecule has 1 fully saturated rings. The van der Waals surface area contributed by atoms with Crippen molar-refractivity contribution < 1.29 is 0 Å². The molecule has 5 nitrogen and oxygen atoms in total. The van der Waals surface area contributed by atoms with Crippen LogP contribution in [0, 0.1) is 0 Å². The number of thioether (sulfide) groups is 1. The molecule has 1 aromatic rings. The van der Waals surface area contributed by atoms with Gasteiger partial charge in [0, 0.05) is 17.8 Å². The minimum atomic E-state index is 0.225. The molecule has 0 saturated heterocycles. The molecule has 1 aromatic heterocycles. The van der Waals surface area contributed by atoms with E-state index in [1.807, 2.05) is 11.8 Å². The van der Waals surface area contributed by atoms with Gasteiger partial charge in [-0.3, -0.25) is 0 Å². The highest BCUT2D eigenvalue weighted by Gasteiger charge is 2.36. The number of rotatable bonds is 7. The number of hydrogen-bond donors (Lipinski definition) is 2. The molecule has 0 spiro atoms. The van der Waals surface area contributed by atoms with E-state index in [1.54, 1.807) is 0 Å². The molecule has 0 aromatic carbocycles.